The topological polar surface area (TPSA) is 126 Å². The van der Waals surface area contributed by atoms with Gasteiger partial charge in [-0.1, -0.05) is 55.0 Å². The SMILES string of the molecule is CCCCc1nnc(NC(=O)Cn2c(=O)c3c(ncn3CCOC)n(Cc3ccccc3)c2=O)s1. The predicted molar refractivity (Wildman–Crippen MR) is 133 cm³/mol. The lowest BCUT2D eigenvalue weighted by molar-refractivity contribution is -0.116. The highest BCUT2D eigenvalue weighted by Crippen LogP contribution is 2.17. The van der Waals surface area contributed by atoms with Gasteiger partial charge in [0.05, 0.1) is 19.5 Å². The molecule has 184 valence electrons. The zero-order valence-corrected chi connectivity index (χ0v) is 20.5. The van der Waals surface area contributed by atoms with Crippen molar-refractivity contribution in [3.8, 4) is 0 Å². The number of nitrogens with zero attached hydrogens (tertiary/aromatic N) is 6. The van der Waals surface area contributed by atoms with Gasteiger partial charge in [0.25, 0.3) is 5.56 Å². The standard InChI is InChI=1S/C23H27N7O4S/c1-3-4-10-18-26-27-22(35-18)25-17(31)14-30-21(32)19-20(24-15-28(19)11-12-34-2)29(23(30)33)13-16-8-6-5-7-9-16/h5-9,15H,3-4,10-14H2,1-2H3,(H,25,27,31). The van der Waals surface area contributed by atoms with Gasteiger partial charge < -0.3 is 9.30 Å². The molecule has 3 aromatic heterocycles. The first kappa shape index (κ1) is 24.5. The fourth-order valence-electron chi connectivity index (χ4n) is 3.68. The van der Waals surface area contributed by atoms with Crippen molar-refractivity contribution in [1.82, 2.24) is 28.9 Å². The van der Waals surface area contributed by atoms with Gasteiger partial charge in [-0.3, -0.25) is 19.5 Å². The van der Waals surface area contributed by atoms with Crippen LogP contribution in [0.15, 0.2) is 46.2 Å². The molecule has 0 atom stereocenters. The minimum absolute atomic E-state index is 0.205. The number of amides is 1. The summed E-state index contributed by atoms with van der Waals surface area (Å²) in [6, 6.07) is 9.39. The number of carbonyl (C=O) groups is 1. The van der Waals surface area contributed by atoms with E-state index in [1.165, 1.54) is 22.2 Å². The highest BCUT2D eigenvalue weighted by atomic mass is 32.1. The van der Waals surface area contributed by atoms with Crippen molar-refractivity contribution in [3.63, 3.8) is 0 Å². The molecule has 11 nitrogen and oxygen atoms in total. The number of hydrogen-bond donors (Lipinski definition) is 1. The Labute approximate surface area is 205 Å². The molecule has 1 N–H and O–H groups in total. The minimum atomic E-state index is -0.612. The molecule has 0 aliphatic heterocycles. The molecular weight excluding hydrogens is 470 g/mol. The van der Waals surface area contributed by atoms with Gasteiger partial charge >= 0.3 is 5.69 Å². The van der Waals surface area contributed by atoms with Crippen molar-refractivity contribution < 1.29 is 9.53 Å². The van der Waals surface area contributed by atoms with Gasteiger partial charge in [-0.2, -0.15) is 0 Å². The van der Waals surface area contributed by atoms with E-state index in [1.54, 1.807) is 11.7 Å². The van der Waals surface area contributed by atoms with Gasteiger partial charge in [-0.05, 0) is 12.0 Å². The Morgan fingerprint density at radius 1 is 1.14 bits per heavy atom. The number of fused-ring (bicyclic) bond motifs is 1. The van der Waals surface area contributed by atoms with E-state index < -0.39 is 23.7 Å². The zero-order valence-electron chi connectivity index (χ0n) is 19.6. The fraction of sp³-hybridized carbons (Fsp3) is 0.391. The normalized spacial score (nSPS) is 11.3. The van der Waals surface area contributed by atoms with Gasteiger partial charge in [0.15, 0.2) is 11.2 Å². The molecule has 0 aliphatic rings. The van der Waals surface area contributed by atoms with Crippen LogP contribution in [-0.4, -0.2) is 48.5 Å². The second kappa shape index (κ2) is 11.2. The van der Waals surface area contributed by atoms with Crippen LogP contribution in [0.5, 0.6) is 0 Å². The molecule has 0 spiro atoms. The summed E-state index contributed by atoms with van der Waals surface area (Å²) < 4.78 is 9.13. The third-order valence-electron chi connectivity index (χ3n) is 5.46. The highest BCUT2D eigenvalue weighted by molar-refractivity contribution is 7.15. The van der Waals surface area contributed by atoms with E-state index in [1.807, 2.05) is 30.3 Å². The number of aryl methyl sites for hydroxylation is 1. The number of hydrogen-bond acceptors (Lipinski definition) is 8. The molecule has 4 aromatic rings. The summed E-state index contributed by atoms with van der Waals surface area (Å²) in [6.07, 6.45) is 4.31. The number of benzene rings is 1. The zero-order chi connectivity index (χ0) is 24.8. The fourth-order valence-corrected chi connectivity index (χ4v) is 4.48. The van der Waals surface area contributed by atoms with Crippen molar-refractivity contribution >= 4 is 33.5 Å². The first-order chi connectivity index (χ1) is 17.0. The second-order valence-corrected chi connectivity index (χ2v) is 9.06. The Hall–Kier alpha value is -3.64. The maximum Gasteiger partial charge on any atom is 0.333 e. The number of ether oxygens (including phenoxy) is 1. The number of rotatable bonds is 11. The van der Waals surface area contributed by atoms with E-state index in [-0.39, 0.29) is 17.7 Å². The van der Waals surface area contributed by atoms with Crippen LogP contribution in [-0.2, 0) is 35.6 Å². The maximum absolute atomic E-state index is 13.4. The van der Waals surface area contributed by atoms with Gasteiger partial charge in [-0.15, -0.1) is 10.2 Å². The van der Waals surface area contributed by atoms with E-state index >= 15 is 0 Å². The van der Waals surface area contributed by atoms with Crippen LogP contribution in [0, 0.1) is 0 Å². The average molecular weight is 498 g/mol. The molecule has 0 fully saturated rings. The lowest BCUT2D eigenvalue weighted by Crippen LogP contribution is -2.43. The largest absolute Gasteiger partial charge is 0.383 e. The second-order valence-electron chi connectivity index (χ2n) is 8.00. The number of nitrogens with one attached hydrogen (secondary N) is 1. The number of imidazole rings is 1. The molecule has 0 bridgehead atoms. The van der Waals surface area contributed by atoms with E-state index in [2.05, 4.69) is 27.4 Å². The lowest BCUT2D eigenvalue weighted by Gasteiger charge is -2.12. The third kappa shape index (κ3) is 5.54. The Bertz CT molecular complexity index is 1420. The molecule has 1 aromatic carbocycles. The minimum Gasteiger partial charge on any atom is -0.383 e. The van der Waals surface area contributed by atoms with Crippen LogP contribution in [0.4, 0.5) is 5.13 Å². The van der Waals surface area contributed by atoms with Gasteiger partial charge in [0, 0.05) is 20.1 Å². The van der Waals surface area contributed by atoms with E-state index in [9.17, 15) is 14.4 Å². The molecule has 0 radical (unpaired) electrons. The lowest BCUT2D eigenvalue weighted by atomic mass is 10.2. The van der Waals surface area contributed by atoms with Crippen molar-refractivity contribution in [2.45, 2.75) is 45.8 Å². The first-order valence-electron chi connectivity index (χ1n) is 11.3. The average Bonchev–Trinajstić information content (AvgIpc) is 3.49. The number of aromatic nitrogens is 6. The smallest absolute Gasteiger partial charge is 0.333 e. The van der Waals surface area contributed by atoms with Crippen LogP contribution in [0.25, 0.3) is 11.2 Å². The Balaban J connectivity index is 1.69. The monoisotopic (exact) mass is 497 g/mol. The molecule has 3 heterocycles. The third-order valence-corrected chi connectivity index (χ3v) is 6.36. The van der Waals surface area contributed by atoms with Crippen LogP contribution in [0.1, 0.15) is 30.3 Å². The molecule has 0 aliphatic carbocycles. The molecule has 4 rings (SSSR count). The highest BCUT2D eigenvalue weighted by Gasteiger charge is 2.20. The Morgan fingerprint density at radius 3 is 2.69 bits per heavy atom. The van der Waals surface area contributed by atoms with E-state index in [4.69, 9.17) is 4.74 Å². The summed E-state index contributed by atoms with van der Waals surface area (Å²) in [5.74, 6) is -0.532. The number of unbranched alkanes of at least 4 members (excludes halogenated alkanes) is 1. The molecule has 0 unspecified atom stereocenters. The van der Waals surface area contributed by atoms with E-state index in [0.29, 0.717) is 18.3 Å². The molecule has 35 heavy (non-hydrogen) atoms. The Morgan fingerprint density at radius 2 is 1.94 bits per heavy atom. The quantitative estimate of drug-likeness (QED) is 0.335. The molecular formula is C23H27N7O4S. The maximum atomic E-state index is 13.4. The predicted octanol–water partition coefficient (Wildman–Crippen LogP) is 1.89. The molecule has 1 amide bonds. The van der Waals surface area contributed by atoms with Crippen molar-refractivity contribution in [1.29, 1.82) is 0 Å². The summed E-state index contributed by atoms with van der Waals surface area (Å²) in [7, 11) is 1.56. The first-order valence-corrected chi connectivity index (χ1v) is 12.2. The van der Waals surface area contributed by atoms with Crippen molar-refractivity contribution in [3.05, 3.63) is 68.1 Å². The van der Waals surface area contributed by atoms with Crippen LogP contribution < -0.4 is 16.6 Å². The number of carbonyl (C=O) groups excluding carboxylic acids is 1. The van der Waals surface area contributed by atoms with Crippen LogP contribution >= 0.6 is 11.3 Å². The van der Waals surface area contributed by atoms with Crippen molar-refractivity contribution in [2.75, 3.05) is 19.0 Å². The van der Waals surface area contributed by atoms with Gasteiger partial charge in [0.1, 0.15) is 11.6 Å². The number of anilines is 1. The summed E-state index contributed by atoms with van der Waals surface area (Å²) >= 11 is 1.29. The summed E-state index contributed by atoms with van der Waals surface area (Å²) in [5, 5.41) is 11.9. The number of methoxy groups -OCH3 is 1. The van der Waals surface area contributed by atoms with Crippen molar-refractivity contribution in [2.24, 2.45) is 0 Å². The summed E-state index contributed by atoms with van der Waals surface area (Å²) in [5.41, 5.74) is 0.174. The van der Waals surface area contributed by atoms with Crippen LogP contribution in [0.2, 0.25) is 0 Å². The van der Waals surface area contributed by atoms with Crippen LogP contribution in [0.3, 0.4) is 0 Å². The molecule has 12 heteroatoms. The summed E-state index contributed by atoms with van der Waals surface area (Å²) in [6.45, 7) is 2.58. The summed E-state index contributed by atoms with van der Waals surface area (Å²) in [4.78, 5) is 43.9. The molecule has 0 saturated carbocycles. The van der Waals surface area contributed by atoms with E-state index in [0.717, 1.165) is 34.4 Å². The Kier molecular flexibility index (Phi) is 7.83. The van der Waals surface area contributed by atoms with Gasteiger partial charge in [0.2, 0.25) is 11.0 Å². The molecule has 0 saturated heterocycles. The van der Waals surface area contributed by atoms with Gasteiger partial charge in [-0.25, -0.2) is 14.3 Å².